The number of aromatic nitrogens is 8. The first-order valence-corrected chi connectivity index (χ1v) is 54.0. The van der Waals surface area contributed by atoms with Gasteiger partial charge in [-0.15, -0.1) is 0 Å². The second kappa shape index (κ2) is 40.3. The number of piperidine rings is 4. The minimum Gasteiger partial charge on any atom is -0.381 e. The van der Waals surface area contributed by atoms with E-state index in [4.69, 9.17) is 58.8 Å². The molecule has 2 spiro atoms. The van der Waals surface area contributed by atoms with Gasteiger partial charge >= 0.3 is 0 Å². The summed E-state index contributed by atoms with van der Waals surface area (Å²) in [4.78, 5) is 58.3. The second-order valence-electron chi connectivity index (χ2n) is 36.9. The topological polar surface area (TPSA) is 334 Å². The quantitative estimate of drug-likeness (QED) is 0.0636. The second-order valence-corrected chi connectivity index (χ2v) is 44.8. The molecule has 4 aromatic heterocycles. The number of sulfonamides is 1. The maximum Gasteiger partial charge on any atom is 0.232 e. The van der Waals surface area contributed by atoms with Crippen molar-refractivity contribution >= 4 is 123 Å². The summed E-state index contributed by atoms with van der Waals surface area (Å²) in [6, 6.07) is 26.5. The van der Waals surface area contributed by atoms with Gasteiger partial charge in [0.05, 0.1) is 89.3 Å². The zero-order valence-corrected chi connectivity index (χ0v) is 78.2. The van der Waals surface area contributed by atoms with Crippen LogP contribution in [0.4, 0.5) is 58.4 Å². The number of hydrogen-bond donors (Lipinski definition) is 5. The predicted octanol–water partition coefficient (Wildman–Crippen LogP) is 12.3. The number of benzene rings is 3. The van der Waals surface area contributed by atoms with Gasteiger partial charge in [-0.1, -0.05) is 94.2 Å². The third kappa shape index (κ3) is 19.4. The van der Waals surface area contributed by atoms with Crippen molar-refractivity contribution in [3.8, 4) is 0 Å². The van der Waals surface area contributed by atoms with Crippen molar-refractivity contribution in [1.29, 1.82) is 0 Å². The number of para-hydroxylation sites is 2. The van der Waals surface area contributed by atoms with Crippen molar-refractivity contribution in [1.82, 2.24) is 44.8 Å². The number of nitrogens with one attached hydrogen (secondary N) is 5. The van der Waals surface area contributed by atoms with Crippen molar-refractivity contribution in [2.45, 2.75) is 211 Å². The van der Waals surface area contributed by atoms with Crippen LogP contribution in [0.25, 0.3) is 5.57 Å². The van der Waals surface area contributed by atoms with E-state index < -0.39 is 53.2 Å². The van der Waals surface area contributed by atoms with Gasteiger partial charge in [0.15, 0.2) is 0 Å². The summed E-state index contributed by atoms with van der Waals surface area (Å²) < 4.78 is 99.2. The number of aryl methyl sites for hydroxylation is 4. The Morgan fingerprint density at radius 1 is 0.458 bits per heavy atom. The van der Waals surface area contributed by atoms with Crippen LogP contribution in [0.1, 0.15) is 169 Å². The van der Waals surface area contributed by atoms with E-state index in [0.717, 1.165) is 340 Å². The minimum atomic E-state index is -3.34. The summed E-state index contributed by atoms with van der Waals surface area (Å²) in [5.41, 5.74) is 13.6. The Hall–Kier alpha value is -8.94. The third-order valence-corrected chi connectivity index (χ3v) is 36.1. The van der Waals surface area contributed by atoms with Gasteiger partial charge in [0.2, 0.25) is 33.8 Å². The first-order chi connectivity index (χ1) is 62.9. The molecule has 7 aromatic rings. The minimum absolute atomic E-state index is 0. The molecule has 702 valence electrons. The lowest BCUT2D eigenvalue weighted by molar-refractivity contribution is 0.0902. The van der Waals surface area contributed by atoms with Crippen molar-refractivity contribution in [3.05, 3.63) is 148 Å². The Balaban J connectivity index is 0.000000117. The Bertz CT molecular complexity index is 5670. The molecule has 23 rings (SSSR count). The molecule has 4 unspecified atom stereocenters. The number of ether oxygens (including phenoxy) is 4. The number of hydrogen-bond acceptors (Lipinski definition) is 29. The van der Waals surface area contributed by atoms with Crippen LogP contribution in [-0.4, -0.2) is 248 Å². The standard InChI is InChI=1S/C25H32N6O2S.C25H30N4O2S.C24H31N5O4S2.C20H27N5O2S.2CH4/c1-17-26-20-6-4-3-5-19(20)25(30(17)2)10-12-31(13-11-25)24-28-21-9-16-34(32)22(21)23(29-24)27-18-7-14-33-15-8-18;30-32-16-11-22-23(32)24(26-19-9-14-31-15-10-19)28-25(27-22)29-12-7-18(8-13-29)21-6-5-17-3-1-2-4-20(17)21;1-35(31,32)29-16-24(18-4-2-3-5-20(18)29)9-11-28(12-10-24)23-26-19-8-15-34(30)21(19)22(27-23)25-17-6-13-33-14-7-17;26-28-13-7-17-18(28)19(22-15-5-11-27-12-6-15)24-20(23-17)25-9-3-14(4-10-25)16-2-1-8-21-16;;/h3-6,18,26H,1,7-16H2,2H3,(H,27,28,29);1-4,6,18-19H,5,7-16H2,(H,26,27,28);2-5,17H,6-16H2,1H3,(H,25,26,27);2,8,14-15H,1,3-7,9-13H2,(H,22,23,24);2*1H4. The Kier molecular flexibility index (Phi) is 28.5. The molecular formula is C96H128N20O10S5. The van der Waals surface area contributed by atoms with Gasteiger partial charge in [-0.25, -0.2) is 28.4 Å². The molecule has 8 fully saturated rings. The number of nitrogens with zero attached hydrogens (tertiary/aromatic N) is 15. The van der Waals surface area contributed by atoms with E-state index in [0.29, 0.717) is 77.7 Å². The SMILES string of the molecule is C.C.C=C1Nc2ccccc2C2(CCN(c3nc4c(c(NC5CCOCC5)n3)S(=O)CC4)CC2)N1C.CS(=O)(=O)N1CC2(CCN(c3nc4c(c(NC5CCOCC5)n3)S(=O)CC4)CC2)c2ccccc21.O=S1CCc2nc(N3CCC(C4=CCC=N4)CC3)nc(NC3CCOCC3)c21.O=S1CCc2nc(N3CCC(C4=CCc5ccccc54)CC3)nc(NC3CCOCC3)c21. The molecule has 30 nitrogen and oxygen atoms in total. The third-order valence-electron chi connectivity index (χ3n) is 29.1. The van der Waals surface area contributed by atoms with Gasteiger partial charge in [0, 0.05) is 233 Å². The average Bonchev–Trinajstić information content (AvgIpc) is 1.73. The van der Waals surface area contributed by atoms with E-state index in [1.54, 1.807) is 4.31 Å². The average molecular weight is 1880 g/mol. The number of anilines is 10. The lowest BCUT2D eigenvalue weighted by atomic mass is 9.74. The van der Waals surface area contributed by atoms with Crippen LogP contribution in [-0.2, 0) is 115 Å². The van der Waals surface area contributed by atoms with Crippen molar-refractivity contribution in [2.75, 3.05) is 199 Å². The molecular weight excluding hydrogens is 1750 g/mol. The fraction of sp³-hybridized carbons (Fsp3) is 0.573. The molecule has 0 saturated carbocycles. The first-order valence-electron chi connectivity index (χ1n) is 46.8. The highest BCUT2D eigenvalue weighted by Gasteiger charge is 2.49. The highest BCUT2D eigenvalue weighted by atomic mass is 32.2. The summed E-state index contributed by atoms with van der Waals surface area (Å²) in [7, 11) is -5.30. The van der Waals surface area contributed by atoms with Crippen LogP contribution >= 0.6 is 0 Å². The molecule has 16 aliphatic rings. The van der Waals surface area contributed by atoms with Crippen molar-refractivity contribution < 1.29 is 44.2 Å². The maximum absolute atomic E-state index is 12.7. The summed E-state index contributed by atoms with van der Waals surface area (Å²) in [6.45, 7) is 17.8. The van der Waals surface area contributed by atoms with Crippen molar-refractivity contribution in [3.63, 3.8) is 0 Å². The Labute approximate surface area is 781 Å². The summed E-state index contributed by atoms with van der Waals surface area (Å²) >= 11 is 0. The largest absolute Gasteiger partial charge is 0.381 e. The van der Waals surface area contributed by atoms with Gasteiger partial charge in [-0.05, 0) is 149 Å². The lowest BCUT2D eigenvalue weighted by Gasteiger charge is -2.52. The molecule has 0 radical (unpaired) electrons. The number of aliphatic imine (C=N–C) groups is 1. The molecule has 19 heterocycles. The van der Waals surface area contributed by atoms with Crippen LogP contribution < -0.4 is 50.5 Å². The van der Waals surface area contributed by atoms with Crippen molar-refractivity contribution in [2.24, 2.45) is 16.8 Å². The van der Waals surface area contributed by atoms with E-state index >= 15 is 0 Å². The first kappa shape index (κ1) is 92.5. The number of fused-ring (bicyclic) bond motifs is 9. The molecule has 8 saturated heterocycles. The number of rotatable bonds is 15. The zero-order valence-electron chi connectivity index (χ0n) is 74.1. The molecule has 4 atom stereocenters. The molecule has 131 heavy (non-hydrogen) atoms. The monoisotopic (exact) mass is 1880 g/mol. The highest BCUT2D eigenvalue weighted by molar-refractivity contribution is 7.92. The van der Waals surface area contributed by atoms with Gasteiger partial charge in [0.25, 0.3) is 0 Å². The molecule has 1 aliphatic carbocycles. The summed E-state index contributed by atoms with van der Waals surface area (Å²) in [5.74, 6) is 10.7. The normalized spacial score (nSPS) is 23.9. The fourth-order valence-corrected chi connectivity index (χ4v) is 28.0. The molecule has 0 amide bonds. The Morgan fingerprint density at radius 3 is 1.26 bits per heavy atom. The van der Waals surface area contributed by atoms with E-state index in [1.807, 2.05) is 24.4 Å². The van der Waals surface area contributed by atoms with Gasteiger partial charge in [0.1, 0.15) is 42.9 Å². The fourth-order valence-electron chi connectivity index (χ4n) is 21.8. The van der Waals surface area contributed by atoms with E-state index in [-0.39, 0.29) is 31.8 Å². The molecule has 5 N–H and O–H groups in total. The van der Waals surface area contributed by atoms with E-state index in [2.05, 4.69) is 136 Å². The molecule has 15 aliphatic heterocycles. The van der Waals surface area contributed by atoms with Gasteiger partial charge in [-0.3, -0.25) is 26.1 Å². The van der Waals surface area contributed by atoms with Crippen LogP contribution in [0.2, 0.25) is 0 Å². The van der Waals surface area contributed by atoms with Crippen LogP contribution in [0.15, 0.2) is 128 Å². The van der Waals surface area contributed by atoms with Crippen LogP contribution in [0.3, 0.4) is 0 Å². The molecule has 0 bridgehead atoms. The van der Waals surface area contributed by atoms with Gasteiger partial charge < -0.3 is 70.0 Å². The highest BCUT2D eigenvalue weighted by Crippen LogP contribution is 2.51. The number of allylic oxidation sites excluding steroid dienone is 4. The maximum atomic E-state index is 12.7. The smallest absolute Gasteiger partial charge is 0.232 e. The van der Waals surface area contributed by atoms with Crippen LogP contribution in [0, 0.1) is 11.8 Å². The molecule has 3 aromatic carbocycles. The zero-order chi connectivity index (χ0) is 87.9. The summed E-state index contributed by atoms with van der Waals surface area (Å²) in [5, 5.41) is 17.8. The van der Waals surface area contributed by atoms with Crippen LogP contribution in [0.5, 0.6) is 0 Å². The lowest BCUT2D eigenvalue weighted by Crippen LogP contribution is -2.54. The predicted molar refractivity (Wildman–Crippen MR) is 522 cm³/mol. The molecule has 35 heteroatoms. The van der Waals surface area contributed by atoms with E-state index in [9.17, 15) is 25.3 Å². The van der Waals surface area contributed by atoms with Gasteiger partial charge in [-0.2, -0.15) is 19.9 Å². The Morgan fingerprint density at radius 2 is 0.840 bits per heavy atom. The summed E-state index contributed by atoms with van der Waals surface area (Å²) in [6.07, 6.45) is 28.5. The van der Waals surface area contributed by atoms with E-state index in [1.165, 1.54) is 34.2 Å².